The van der Waals surface area contributed by atoms with Gasteiger partial charge in [0.25, 0.3) is 0 Å². The van der Waals surface area contributed by atoms with Gasteiger partial charge in [0.05, 0.1) is 0 Å². The molecular formula is C45H79NO4. The van der Waals surface area contributed by atoms with Gasteiger partial charge in [-0.15, -0.1) is 0 Å². The van der Waals surface area contributed by atoms with Crippen LogP contribution in [0.15, 0.2) is 48.6 Å². The lowest BCUT2D eigenvalue weighted by Crippen LogP contribution is -2.42. The molecule has 1 aliphatic carbocycles. The van der Waals surface area contributed by atoms with E-state index in [-0.39, 0.29) is 24.1 Å². The quantitative estimate of drug-likeness (QED) is 0.0398. The van der Waals surface area contributed by atoms with Gasteiger partial charge >= 0.3 is 11.9 Å². The molecule has 0 heterocycles. The fourth-order valence-corrected chi connectivity index (χ4v) is 6.74. The van der Waals surface area contributed by atoms with Gasteiger partial charge in [0.15, 0.2) is 0 Å². The zero-order chi connectivity index (χ0) is 36.3. The van der Waals surface area contributed by atoms with Crippen molar-refractivity contribution in [3.8, 4) is 0 Å². The molecule has 0 aromatic heterocycles. The second kappa shape index (κ2) is 34.0. The molecule has 0 aromatic rings. The van der Waals surface area contributed by atoms with Crippen molar-refractivity contribution in [1.29, 1.82) is 0 Å². The van der Waals surface area contributed by atoms with Gasteiger partial charge in [0.1, 0.15) is 12.2 Å². The van der Waals surface area contributed by atoms with Crippen LogP contribution in [0.3, 0.4) is 0 Å². The predicted molar refractivity (Wildman–Crippen MR) is 214 cm³/mol. The summed E-state index contributed by atoms with van der Waals surface area (Å²) in [6.07, 6.45) is 46.8. The Morgan fingerprint density at radius 3 is 1.36 bits per heavy atom. The molecule has 0 amide bonds. The van der Waals surface area contributed by atoms with Crippen LogP contribution in [0.5, 0.6) is 0 Å². The molecule has 0 bridgehead atoms. The molecule has 5 heteroatoms. The summed E-state index contributed by atoms with van der Waals surface area (Å²) in [6.45, 7) is 5.46. The number of allylic oxidation sites excluding steroid dienone is 8. The summed E-state index contributed by atoms with van der Waals surface area (Å²) in [4.78, 5) is 27.8. The molecular weight excluding hydrogens is 618 g/mol. The van der Waals surface area contributed by atoms with Crippen LogP contribution in [0.25, 0.3) is 0 Å². The number of nitrogens with zero attached hydrogens (tertiary/aromatic N) is 1. The molecule has 5 nitrogen and oxygen atoms in total. The normalized spacial score (nSPS) is 18.4. The van der Waals surface area contributed by atoms with E-state index in [1.165, 1.54) is 77.0 Å². The topological polar surface area (TPSA) is 55.8 Å². The lowest BCUT2D eigenvalue weighted by molar-refractivity contribution is -0.174. The molecule has 1 aliphatic rings. The monoisotopic (exact) mass is 698 g/mol. The Hall–Kier alpha value is -2.14. The number of hydrogen-bond donors (Lipinski definition) is 0. The summed E-state index contributed by atoms with van der Waals surface area (Å²) in [5.41, 5.74) is 0. The molecule has 1 rings (SSSR count). The van der Waals surface area contributed by atoms with Crippen molar-refractivity contribution < 1.29 is 19.1 Å². The molecule has 0 aromatic carbocycles. The Labute approximate surface area is 309 Å². The number of hydrogen-bond acceptors (Lipinski definition) is 5. The van der Waals surface area contributed by atoms with Crippen LogP contribution in [-0.4, -0.2) is 49.7 Å². The number of carbonyl (C=O) groups excluding carboxylic acids is 2. The Morgan fingerprint density at radius 1 is 0.520 bits per heavy atom. The van der Waals surface area contributed by atoms with Gasteiger partial charge in [-0.05, 0) is 116 Å². The van der Waals surface area contributed by atoms with Crippen molar-refractivity contribution in [2.75, 3.05) is 20.6 Å². The summed E-state index contributed by atoms with van der Waals surface area (Å²) >= 11 is 0. The second-order valence-electron chi connectivity index (χ2n) is 15.0. The van der Waals surface area contributed by atoms with Crippen molar-refractivity contribution in [3.05, 3.63) is 48.6 Å². The molecule has 0 N–H and O–H groups in total. The number of ether oxygens (including phenoxy) is 2. The molecule has 288 valence electrons. The first kappa shape index (κ1) is 45.9. The van der Waals surface area contributed by atoms with Gasteiger partial charge in [-0.2, -0.15) is 0 Å². The van der Waals surface area contributed by atoms with Crippen molar-refractivity contribution >= 4 is 11.9 Å². The molecule has 0 unspecified atom stereocenters. The fourth-order valence-electron chi connectivity index (χ4n) is 6.74. The maximum absolute atomic E-state index is 12.8. The van der Waals surface area contributed by atoms with Crippen LogP contribution in [0, 0.1) is 5.92 Å². The molecule has 0 radical (unpaired) electrons. The Balaban J connectivity index is 2.23. The molecule has 3 atom stereocenters. The van der Waals surface area contributed by atoms with Crippen LogP contribution in [-0.2, 0) is 19.1 Å². The first-order chi connectivity index (χ1) is 24.5. The second-order valence-corrected chi connectivity index (χ2v) is 15.0. The molecule has 1 fully saturated rings. The summed E-state index contributed by atoms with van der Waals surface area (Å²) in [6, 6.07) is 0. The lowest BCUT2D eigenvalue weighted by atomic mass is 9.84. The van der Waals surface area contributed by atoms with E-state index < -0.39 is 0 Å². The Morgan fingerprint density at radius 2 is 0.920 bits per heavy atom. The van der Waals surface area contributed by atoms with E-state index in [9.17, 15) is 9.59 Å². The van der Waals surface area contributed by atoms with Crippen LogP contribution in [0.4, 0.5) is 0 Å². The maximum Gasteiger partial charge on any atom is 0.306 e. The van der Waals surface area contributed by atoms with Gasteiger partial charge < -0.3 is 14.4 Å². The average molecular weight is 698 g/mol. The van der Waals surface area contributed by atoms with Gasteiger partial charge in [0, 0.05) is 19.4 Å². The Bertz CT molecular complexity index is 920. The van der Waals surface area contributed by atoms with E-state index in [0.29, 0.717) is 18.8 Å². The van der Waals surface area contributed by atoms with E-state index in [0.717, 1.165) is 90.0 Å². The van der Waals surface area contributed by atoms with Crippen molar-refractivity contribution in [2.45, 2.75) is 199 Å². The molecule has 0 spiro atoms. The van der Waals surface area contributed by atoms with Gasteiger partial charge in [-0.3, -0.25) is 9.59 Å². The molecule has 1 saturated carbocycles. The minimum Gasteiger partial charge on any atom is -0.458 e. The highest BCUT2D eigenvalue weighted by molar-refractivity contribution is 5.70. The molecule has 0 saturated heterocycles. The SMILES string of the molecule is CCCCC/C=C\C/C=C\CCCCCCCC(=O)O[C@H]1CC[C@@H](CN(C)C)C[C@H]1OC(=O)CCCCCCC/C=C\C/C=C\CCCCC. The summed E-state index contributed by atoms with van der Waals surface area (Å²) < 4.78 is 12.0. The minimum absolute atomic E-state index is 0.137. The minimum atomic E-state index is -0.326. The number of unbranched alkanes of at least 4 members (excludes halogenated alkanes) is 16. The fraction of sp³-hybridized carbons (Fsp3) is 0.778. The predicted octanol–water partition coefficient (Wildman–Crippen LogP) is 12.8. The van der Waals surface area contributed by atoms with E-state index in [1.807, 2.05) is 0 Å². The van der Waals surface area contributed by atoms with Crippen molar-refractivity contribution in [1.82, 2.24) is 4.90 Å². The number of esters is 2. The first-order valence-electron chi connectivity index (χ1n) is 21.1. The van der Waals surface area contributed by atoms with Crippen molar-refractivity contribution in [2.24, 2.45) is 5.92 Å². The van der Waals surface area contributed by atoms with E-state index in [2.05, 4.69) is 81.5 Å². The summed E-state index contributed by atoms with van der Waals surface area (Å²) in [7, 11) is 4.17. The third-order valence-electron chi connectivity index (χ3n) is 9.69. The smallest absolute Gasteiger partial charge is 0.306 e. The van der Waals surface area contributed by atoms with E-state index in [1.54, 1.807) is 0 Å². The van der Waals surface area contributed by atoms with Gasteiger partial charge in [-0.1, -0.05) is 127 Å². The third-order valence-corrected chi connectivity index (χ3v) is 9.69. The lowest BCUT2D eigenvalue weighted by Gasteiger charge is -2.36. The van der Waals surface area contributed by atoms with E-state index in [4.69, 9.17) is 9.47 Å². The Kier molecular flexibility index (Phi) is 31.2. The maximum atomic E-state index is 12.8. The van der Waals surface area contributed by atoms with Gasteiger partial charge in [-0.25, -0.2) is 0 Å². The van der Waals surface area contributed by atoms with Crippen LogP contribution in [0.2, 0.25) is 0 Å². The highest BCUT2D eigenvalue weighted by atomic mass is 16.6. The summed E-state index contributed by atoms with van der Waals surface area (Å²) in [5.74, 6) is 0.179. The number of carbonyl (C=O) groups is 2. The van der Waals surface area contributed by atoms with Crippen LogP contribution < -0.4 is 0 Å². The average Bonchev–Trinajstić information content (AvgIpc) is 3.09. The third kappa shape index (κ3) is 28.5. The molecule has 50 heavy (non-hydrogen) atoms. The van der Waals surface area contributed by atoms with Crippen molar-refractivity contribution in [3.63, 3.8) is 0 Å². The number of rotatable bonds is 32. The zero-order valence-corrected chi connectivity index (χ0v) is 33.2. The molecule has 0 aliphatic heterocycles. The largest absolute Gasteiger partial charge is 0.458 e. The highest BCUT2D eigenvalue weighted by Crippen LogP contribution is 2.30. The summed E-state index contributed by atoms with van der Waals surface area (Å²) in [5, 5.41) is 0. The van der Waals surface area contributed by atoms with Crippen LogP contribution in [0.1, 0.15) is 187 Å². The van der Waals surface area contributed by atoms with Crippen LogP contribution >= 0.6 is 0 Å². The van der Waals surface area contributed by atoms with Gasteiger partial charge in [0.2, 0.25) is 0 Å². The zero-order valence-electron chi connectivity index (χ0n) is 33.2. The standard InChI is InChI=1S/C45H79NO4/c1-5-7-9-11-13-15-17-19-21-23-25-27-29-31-33-35-44(47)49-42-38-37-41(40-46(3)4)39-43(42)50-45(48)36-34-32-30-28-26-24-22-20-18-16-14-12-10-8-6-2/h13-16,19-22,41-43H,5-12,17-18,23-40H2,1-4H3/b15-13-,16-14-,21-19-,22-20-/t41-,42+,43-/m1/s1. The van der Waals surface area contributed by atoms with E-state index >= 15 is 0 Å². The first-order valence-corrected chi connectivity index (χ1v) is 21.1. The highest BCUT2D eigenvalue weighted by Gasteiger charge is 2.35.